The zero-order chi connectivity index (χ0) is 75.5. The predicted octanol–water partition coefficient (Wildman–Crippen LogP) is 25.1. The van der Waals surface area contributed by atoms with Gasteiger partial charge in [-0.1, -0.05) is 374 Å². The summed E-state index contributed by atoms with van der Waals surface area (Å²) in [5.74, 6) is -1.37. The van der Waals surface area contributed by atoms with Crippen LogP contribution in [-0.4, -0.2) is 96.7 Å². The van der Waals surface area contributed by atoms with Gasteiger partial charge in [0.25, 0.3) is 0 Å². The number of hydrogen-bond acceptors (Lipinski definition) is 15. The van der Waals surface area contributed by atoms with E-state index in [1.165, 1.54) is 231 Å². The topological polar surface area (TPSA) is 237 Å². The van der Waals surface area contributed by atoms with Crippen molar-refractivity contribution < 1.29 is 80.2 Å². The van der Waals surface area contributed by atoms with Crippen molar-refractivity contribution in [1.29, 1.82) is 0 Å². The molecule has 0 aliphatic rings. The first-order chi connectivity index (χ1) is 50.0. The van der Waals surface area contributed by atoms with Crippen LogP contribution in [0, 0.1) is 5.92 Å². The van der Waals surface area contributed by atoms with Crippen LogP contribution in [0.25, 0.3) is 0 Å². The molecular weight excluding hydrogens is 1340 g/mol. The SMILES string of the molecule is CCCCCC/C=C\C=C/CCCCCCCC(=O)OC[C@H](COP(=O)(O)OC[C@@H](O)COP(=O)(O)OC[C@@H](COC(=O)CCCCCCCCCCCCCCC)OC(=O)CCCCCCCCCCCCCC(C)C)OC(=O)CCCCCCCCCCCCCCCCCCCCCCC. The summed E-state index contributed by atoms with van der Waals surface area (Å²) in [6, 6.07) is 0. The maximum Gasteiger partial charge on any atom is 0.472 e. The predicted molar refractivity (Wildman–Crippen MR) is 423 cm³/mol. The summed E-state index contributed by atoms with van der Waals surface area (Å²) in [7, 11) is -9.94. The molecule has 17 nitrogen and oxygen atoms in total. The van der Waals surface area contributed by atoms with Crippen molar-refractivity contribution in [2.45, 2.75) is 445 Å². The second-order valence-corrected chi connectivity index (χ2v) is 32.9. The highest BCUT2D eigenvalue weighted by molar-refractivity contribution is 7.47. The van der Waals surface area contributed by atoms with Gasteiger partial charge in [-0.3, -0.25) is 37.3 Å². The third kappa shape index (κ3) is 77.5. The third-order valence-electron chi connectivity index (χ3n) is 19.2. The van der Waals surface area contributed by atoms with Crippen LogP contribution in [0.4, 0.5) is 0 Å². The number of phosphoric ester groups is 2. The Morgan fingerprint density at radius 1 is 0.301 bits per heavy atom. The first kappa shape index (κ1) is 101. The van der Waals surface area contributed by atoms with Crippen molar-refractivity contribution >= 4 is 39.5 Å². The number of hydrogen-bond donors (Lipinski definition) is 3. The number of phosphoric acid groups is 2. The molecule has 0 fully saturated rings. The van der Waals surface area contributed by atoms with Crippen molar-refractivity contribution in [3.8, 4) is 0 Å². The monoisotopic (exact) mass is 1500 g/mol. The quantitative estimate of drug-likeness (QED) is 0.0169. The molecule has 0 heterocycles. The zero-order valence-corrected chi connectivity index (χ0v) is 68.7. The highest BCUT2D eigenvalue weighted by atomic mass is 31.2. The number of esters is 4. The van der Waals surface area contributed by atoms with E-state index in [0.29, 0.717) is 25.7 Å². The van der Waals surface area contributed by atoms with Crippen LogP contribution in [0.2, 0.25) is 0 Å². The van der Waals surface area contributed by atoms with Crippen molar-refractivity contribution in [2.24, 2.45) is 5.92 Å². The van der Waals surface area contributed by atoms with Crippen LogP contribution in [0.15, 0.2) is 24.3 Å². The fraction of sp³-hybridized carbons (Fsp3) is 0.905. The van der Waals surface area contributed by atoms with E-state index >= 15 is 0 Å². The van der Waals surface area contributed by atoms with Gasteiger partial charge in [-0.05, 0) is 57.3 Å². The molecule has 2 unspecified atom stereocenters. The number of allylic oxidation sites excluding steroid dienone is 4. The third-order valence-corrected chi connectivity index (χ3v) is 21.1. The van der Waals surface area contributed by atoms with E-state index in [4.69, 9.17) is 37.0 Å². The molecule has 0 bridgehead atoms. The average Bonchev–Trinajstić information content (AvgIpc) is 0.918. The zero-order valence-electron chi connectivity index (χ0n) is 66.9. The van der Waals surface area contributed by atoms with Crippen LogP contribution in [0.5, 0.6) is 0 Å². The first-order valence-electron chi connectivity index (χ1n) is 43.0. The van der Waals surface area contributed by atoms with E-state index < -0.39 is 97.5 Å². The minimum Gasteiger partial charge on any atom is -0.462 e. The van der Waals surface area contributed by atoms with E-state index in [1.807, 2.05) is 0 Å². The summed E-state index contributed by atoms with van der Waals surface area (Å²) in [6.07, 6.45) is 71.6. The van der Waals surface area contributed by atoms with Crippen molar-refractivity contribution in [2.75, 3.05) is 39.6 Å². The van der Waals surface area contributed by atoms with Crippen molar-refractivity contribution in [1.82, 2.24) is 0 Å². The largest absolute Gasteiger partial charge is 0.472 e. The van der Waals surface area contributed by atoms with Gasteiger partial charge in [-0.2, -0.15) is 0 Å². The molecule has 0 radical (unpaired) electrons. The van der Waals surface area contributed by atoms with Gasteiger partial charge in [-0.25, -0.2) is 9.13 Å². The first-order valence-corrected chi connectivity index (χ1v) is 45.9. The Hall–Kier alpha value is -2.46. The highest BCUT2D eigenvalue weighted by Gasteiger charge is 2.30. The Kier molecular flexibility index (Phi) is 74.5. The van der Waals surface area contributed by atoms with E-state index in [9.17, 15) is 43.2 Å². The molecule has 0 aliphatic heterocycles. The number of aliphatic hydroxyl groups is 1. The normalized spacial score (nSPS) is 14.0. The number of rotatable bonds is 82. The molecule has 0 saturated carbocycles. The summed E-state index contributed by atoms with van der Waals surface area (Å²) in [6.45, 7) is 7.28. The maximum atomic E-state index is 13.1. The second-order valence-electron chi connectivity index (χ2n) is 30.0. The van der Waals surface area contributed by atoms with Crippen LogP contribution in [0.3, 0.4) is 0 Å². The second kappa shape index (κ2) is 76.3. The number of carbonyl (C=O) groups excluding carboxylic acids is 4. The van der Waals surface area contributed by atoms with Gasteiger partial charge in [-0.15, -0.1) is 0 Å². The van der Waals surface area contributed by atoms with E-state index in [2.05, 4.69) is 58.9 Å². The molecule has 0 spiro atoms. The number of carbonyl (C=O) groups is 4. The Balaban J connectivity index is 5.27. The van der Waals surface area contributed by atoms with Crippen LogP contribution in [0.1, 0.15) is 426 Å². The minimum absolute atomic E-state index is 0.102. The average molecular weight is 1500 g/mol. The van der Waals surface area contributed by atoms with Crippen LogP contribution >= 0.6 is 15.6 Å². The molecule has 0 aliphatic carbocycles. The number of unbranched alkanes of at least 4 members (excludes halogenated alkanes) is 51. The molecule has 0 aromatic heterocycles. The molecule has 19 heteroatoms. The molecule has 0 saturated heterocycles. The molecule has 103 heavy (non-hydrogen) atoms. The smallest absolute Gasteiger partial charge is 0.462 e. The molecule has 0 aromatic carbocycles. The van der Waals surface area contributed by atoms with Gasteiger partial charge in [0.1, 0.15) is 19.3 Å². The van der Waals surface area contributed by atoms with Crippen molar-refractivity contribution in [3.05, 3.63) is 24.3 Å². The standard InChI is InChI=1S/C84H160O17P2/c1-6-9-12-15-18-21-24-27-29-30-31-32-33-34-36-39-44-49-54-59-64-69-83(88)100-79(73-95-82(87)68-63-58-53-48-43-38-35-28-25-22-19-16-13-10-7-2)75-98-102(90,91)96-71-78(85)72-97-103(92,93)99-76-80(74-94-81(86)67-62-57-52-47-42-37-26-23-20-17-14-11-8-3)101-84(89)70-65-60-55-50-45-40-41-46-51-56-61-66-77(4)5/h22,25,28,35,77-80,85H,6-21,23-24,26-27,29-34,36-76H2,1-5H3,(H,90,91)(H,92,93)/b25-22-,35-28-/t78-,79-,80-/m1/s1. The molecule has 608 valence electrons. The lowest BCUT2D eigenvalue weighted by Gasteiger charge is -2.21. The van der Waals surface area contributed by atoms with Gasteiger partial charge in [0.05, 0.1) is 26.4 Å². The molecule has 0 aromatic rings. The fourth-order valence-electron chi connectivity index (χ4n) is 12.6. The Bertz CT molecular complexity index is 2060. The molecular formula is C84H160O17P2. The van der Waals surface area contributed by atoms with Crippen LogP contribution in [-0.2, 0) is 65.4 Å². The summed E-state index contributed by atoms with van der Waals surface area (Å²) < 4.78 is 68.8. The minimum atomic E-state index is -4.97. The van der Waals surface area contributed by atoms with E-state index in [-0.39, 0.29) is 25.7 Å². The molecule has 3 N–H and O–H groups in total. The summed E-state index contributed by atoms with van der Waals surface area (Å²) in [5.41, 5.74) is 0. The van der Waals surface area contributed by atoms with E-state index in [1.54, 1.807) is 0 Å². The Morgan fingerprint density at radius 3 is 0.796 bits per heavy atom. The highest BCUT2D eigenvalue weighted by Crippen LogP contribution is 2.45. The summed E-state index contributed by atoms with van der Waals surface area (Å²) >= 11 is 0. The Labute approximate surface area is 631 Å². The van der Waals surface area contributed by atoms with Gasteiger partial charge >= 0.3 is 39.5 Å². The van der Waals surface area contributed by atoms with E-state index in [0.717, 1.165) is 115 Å². The van der Waals surface area contributed by atoms with Gasteiger partial charge in [0.15, 0.2) is 12.2 Å². The maximum absolute atomic E-state index is 13.1. The van der Waals surface area contributed by atoms with Crippen molar-refractivity contribution in [3.63, 3.8) is 0 Å². The van der Waals surface area contributed by atoms with Gasteiger partial charge < -0.3 is 33.8 Å². The number of aliphatic hydroxyl groups excluding tert-OH is 1. The Morgan fingerprint density at radius 2 is 0.524 bits per heavy atom. The summed E-state index contributed by atoms with van der Waals surface area (Å²) in [5, 5.41) is 10.7. The van der Waals surface area contributed by atoms with Gasteiger partial charge in [0.2, 0.25) is 0 Å². The molecule has 0 amide bonds. The summed E-state index contributed by atoms with van der Waals surface area (Å²) in [4.78, 5) is 73.1. The van der Waals surface area contributed by atoms with Gasteiger partial charge in [0, 0.05) is 25.7 Å². The fourth-order valence-corrected chi connectivity index (χ4v) is 14.2. The lowest BCUT2D eigenvalue weighted by molar-refractivity contribution is -0.161. The number of ether oxygens (including phenoxy) is 4. The molecule has 5 atom stereocenters. The lowest BCUT2D eigenvalue weighted by atomic mass is 10.0. The molecule has 0 rings (SSSR count). The lowest BCUT2D eigenvalue weighted by Crippen LogP contribution is -2.30. The van der Waals surface area contributed by atoms with Crippen LogP contribution < -0.4 is 0 Å².